The number of likely N-dealkylation sites (N-methyl/N-ethyl adjacent to an activating group) is 2. The van der Waals surface area contributed by atoms with Crippen LogP contribution in [0.3, 0.4) is 0 Å². The second-order valence-corrected chi connectivity index (χ2v) is 6.78. The van der Waals surface area contributed by atoms with Gasteiger partial charge >= 0.3 is 18.0 Å². The summed E-state index contributed by atoms with van der Waals surface area (Å²) in [6.07, 6.45) is 0. The first-order valence-corrected chi connectivity index (χ1v) is 7.23. The van der Waals surface area contributed by atoms with Crippen molar-refractivity contribution < 1.29 is 23.8 Å². The van der Waals surface area contributed by atoms with Gasteiger partial charge in [0.1, 0.15) is 0 Å². The lowest BCUT2D eigenvalue weighted by molar-refractivity contribution is -0.410. The van der Waals surface area contributed by atoms with Crippen LogP contribution in [0.1, 0.15) is 20.8 Å². The van der Waals surface area contributed by atoms with Crippen molar-refractivity contribution in [2.45, 2.75) is 32.4 Å². The molecule has 1 fully saturated rings. The molecule has 0 aromatic rings. The number of amidine groups is 1. The summed E-state index contributed by atoms with van der Waals surface area (Å²) in [5, 5.41) is 2.76. The largest absolute Gasteiger partial charge is 0.445 e. The summed E-state index contributed by atoms with van der Waals surface area (Å²) in [5.41, 5.74) is -0.444. The minimum Gasteiger partial charge on any atom is -0.349 e. The van der Waals surface area contributed by atoms with Crippen LogP contribution in [0, 0.1) is 0 Å². The molecule has 0 aliphatic carbocycles. The number of nitrogens with one attached hydrogen (secondary N) is 1. The smallest absolute Gasteiger partial charge is 0.349 e. The van der Waals surface area contributed by atoms with E-state index in [1.165, 1.54) is 35.5 Å². The number of urea groups is 2. The summed E-state index contributed by atoms with van der Waals surface area (Å²) < 4.78 is 1.23. The molecule has 1 saturated heterocycles. The number of rotatable bonds is 2. The topological polar surface area (TPSA) is 93.0 Å². The third-order valence-electron chi connectivity index (χ3n) is 3.74. The third-order valence-corrected chi connectivity index (χ3v) is 3.74. The quantitative estimate of drug-likeness (QED) is 0.678. The molecule has 0 radical (unpaired) electrons. The Morgan fingerprint density at radius 1 is 1.22 bits per heavy atom. The Bertz CT molecular complexity index is 634. The zero-order valence-electron chi connectivity index (χ0n) is 14.2. The Labute approximate surface area is 134 Å². The van der Waals surface area contributed by atoms with Gasteiger partial charge in [0.25, 0.3) is 5.91 Å². The van der Waals surface area contributed by atoms with Crippen LogP contribution in [0.4, 0.5) is 9.59 Å². The maximum absolute atomic E-state index is 12.4. The van der Waals surface area contributed by atoms with Crippen molar-refractivity contribution in [2.75, 3.05) is 27.7 Å². The van der Waals surface area contributed by atoms with Gasteiger partial charge in [0.15, 0.2) is 6.54 Å². The van der Waals surface area contributed by atoms with E-state index in [9.17, 15) is 19.2 Å². The molecule has 2 rings (SSSR count). The molecule has 0 aromatic carbocycles. The molecule has 2 aliphatic heterocycles. The van der Waals surface area contributed by atoms with Crippen LogP contribution in [-0.4, -0.2) is 88.3 Å². The Kier molecular flexibility index (Phi) is 3.91. The highest BCUT2D eigenvalue weighted by molar-refractivity contribution is 6.21. The summed E-state index contributed by atoms with van der Waals surface area (Å²) in [7, 11) is 4.32. The van der Waals surface area contributed by atoms with Crippen LogP contribution in [0.25, 0.3) is 0 Å². The molecule has 9 nitrogen and oxygen atoms in total. The van der Waals surface area contributed by atoms with Crippen molar-refractivity contribution in [2.24, 2.45) is 0 Å². The zero-order valence-corrected chi connectivity index (χ0v) is 14.2. The first kappa shape index (κ1) is 16.9. The van der Waals surface area contributed by atoms with Crippen LogP contribution in [0.15, 0.2) is 0 Å². The van der Waals surface area contributed by atoms with Crippen LogP contribution >= 0.6 is 0 Å². The zero-order chi connectivity index (χ0) is 17.7. The van der Waals surface area contributed by atoms with Gasteiger partial charge in [-0.05, 0) is 20.8 Å². The monoisotopic (exact) mass is 324 g/mol. The van der Waals surface area contributed by atoms with Gasteiger partial charge in [-0.25, -0.2) is 19.1 Å². The highest BCUT2D eigenvalue weighted by Gasteiger charge is 2.57. The van der Waals surface area contributed by atoms with Crippen molar-refractivity contribution >= 4 is 29.7 Å². The van der Waals surface area contributed by atoms with E-state index in [-0.39, 0.29) is 18.3 Å². The number of fused-ring (bicyclic) bond motifs is 1. The summed E-state index contributed by atoms with van der Waals surface area (Å²) >= 11 is 0. The standard InChI is InChI=1S/C14H21N5O4/c1-14(2,3)15-8(20)7-19-10-9(16(4)13(19)23)11(21)18(6)12(22)17(10)5/h9H,7H2,1-6H3/p+1. The summed E-state index contributed by atoms with van der Waals surface area (Å²) in [6, 6.07) is -1.92. The SMILES string of the molecule is CN1C(=O)C2C(=[N+](C)C1=O)N(CC(=O)NC(C)(C)C)C(=O)N2C. The minimum atomic E-state index is -0.891. The number of nitrogens with zero attached hydrogens (tertiary/aromatic N) is 4. The average Bonchev–Trinajstić information content (AvgIpc) is 2.66. The summed E-state index contributed by atoms with van der Waals surface area (Å²) in [5.74, 6) is -0.632. The molecular formula is C14H22N5O4+. The third kappa shape index (κ3) is 2.78. The molecule has 0 bridgehead atoms. The Hall–Kier alpha value is -2.45. The first-order valence-electron chi connectivity index (χ1n) is 7.23. The van der Waals surface area contributed by atoms with Gasteiger partial charge in [0.05, 0.1) is 14.1 Å². The fourth-order valence-corrected chi connectivity index (χ4v) is 2.71. The molecule has 6 amide bonds. The van der Waals surface area contributed by atoms with Crippen molar-refractivity contribution in [3.8, 4) is 0 Å². The predicted octanol–water partition coefficient (Wildman–Crippen LogP) is -0.730. The van der Waals surface area contributed by atoms with Gasteiger partial charge in [0, 0.05) is 12.6 Å². The molecule has 23 heavy (non-hydrogen) atoms. The summed E-state index contributed by atoms with van der Waals surface area (Å²) in [6.45, 7) is 5.23. The molecule has 2 heterocycles. The number of hydrogen-bond donors (Lipinski definition) is 1. The van der Waals surface area contributed by atoms with E-state index in [2.05, 4.69) is 5.32 Å². The van der Waals surface area contributed by atoms with E-state index in [0.717, 1.165) is 4.90 Å². The van der Waals surface area contributed by atoms with Gasteiger partial charge in [-0.15, -0.1) is 0 Å². The van der Waals surface area contributed by atoms with Gasteiger partial charge in [-0.3, -0.25) is 14.5 Å². The Morgan fingerprint density at radius 3 is 2.30 bits per heavy atom. The molecule has 0 saturated carbocycles. The lowest BCUT2D eigenvalue weighted by Crippen LogP contribution is -2.59. The van der Waals surface area contributed by atoms with E-state index in [4.69, 9.17) is 0 Å². The summed E-state index contributed by atoms with van der Waals surface area (Å²) in [4.78, 5) is 52.4. The second kappa shape index (κ2) is 5.32. The molecule has 2 aliphatic rings. The van der Waals surface area contributed by atoms with Crippen LogP contribution in [-0.2, 0) is 9.59 Å². The highest BCUT2D eigenvalue weighted by atomic mass is 16.2. The van der Waals surface area contributed by atoms with Gasteiger partial charge in [-0.2, -0.15) is 4.90 Å². The number of carbonyl (C=O) groups is 4. The van der Waals surface area contributed by atoms with Crippen molar-refractivity contribution in [1.29, 1.82) is 0 Å². The van der Waals surface area contributed by atoms with E-state index < -0.39 is 29.6 Å². The number of imide groups is 1. The van der Waals surface area contributed by atoms with E-state index in [0.29, 0.717) is 0 Å². The molecule has 1 unspecified atom stereocenters. The fourth-order valence-electron chi connectivity index (χ4n) is 2.71. The fraction of sp³-hybridized carbons (Fsp3) is 0.643. The van der Waals surface area contributed by atoms with E-state index >= 15 is 0 Å². The van der Waals surface area contributed by atoms with E-state index in [1.54, 1.807) is 0 Å². The van der Waals surface area contributed by atoms with E-state index in [1.807, 2.05) is 20.8 Å². The lowest BCUT2D eigenvalue weighted by atomic mass is 10.1. The maximum Gasteiger partial charge on any atom is 0.445 e. The molecule has 0 spiro atoms. The van der Waals surface area contributed by atoms with Crippen LogP contribution < -0.4 is 5.32 Å². The van der Waals surface area contributed by atoms with Gasteiger partial charge in [-0.1, -0.05) is 0 Å². The average molecular weight is 324 g/mol. The van der Waals surface area contributed by atoms with Gasteiger partial charge < -0.3 is 5.32 Å². The Balaban J connectivity index is 2.37. The lowest BCUT2D eigenvalue weighted by Gasteiger charge is -2.25. The van der Waals surface area contributed by atoms with Crippen LogP contribution in [0.5, 0.6) is 0 Å². The normalized spacial score (nSPS) is 22.1. The molecule has 126 valence electrons. The number of carbonyl (C=O) groups excluding carboxylic acids is 4. The maximum atomic E-state index is 12.4. The molecular weight excluding hydrogens is 302 g/mol. The van der Waals surface area contributed by atoms with Crippen molar-refractivity contribution in [1.82, 2.24) is 20.0 Å². The molecule has 9 heteroatoms. The predicted molar refractivity (Wildman–Crippen MR) is 80.9 cm³/mol. The van der Waals surface area contributed by atoms with Gasteiger partial charge in [0.2, 0.25) is 11.9 Å². The Morgan fingerprint density at radius 2 is 1.78 bits per heavy atom. The molecule has 1 N–H and O–H groups in total. The van der Waals surface area contributed by atoms with Crippen molar-refractivity contribution in [3.63, 3.8) is 0 Å². The van der Waals surface area contributed by atoms with Crippen molar-refractivity contribution in [3.05, 3.63) is 0 Å². The van der Waals surface area contributed by atoms with Crippen LogP contribution in [0.2, 0.25) is 0 Å². The first-order chi connectivity index (χ1) is 10.5. The highest BCUT2D eigenvalue weighted by Crippen LogP contribution is 2.22. The molecule has 0 aromatic heterocycles. The second-order valence-electron chi connectivity index (χ2n) is 6.78. The molecule has 1 atom stereocenters. The number of amides is 6. The minimum absolute atomic E-state index is 0.217. The number of hydrogen-bond acceptors (Lipinski definition) is 4.